The number of carbonyl (C=O) groups excluding carboxylic acids is 1. The zero-order valence-electron chi connectivity index (χ0n) is 14.1. The fraction of sp³-hybridized carbons (Fsp3) is 0.350. The Bertz CT molecular complexity index is 676. The summed E-state index contributed by atoms with van der Waals surface area (Å²) in [5.74, 6) is 0.691. The van der Waals surface area contributed by atoms with Crippen LogP contribution in [0.25, 0.3) is 0 Å². The number of hydrogen-bond donors (Lipinski definition) is 1. The molecule has 0 radical (unpaired) electrons. The van der Waals surface area contributed by atoms with Gasteiger partial charge >= 0.3 is 0 Å². The molecule has 1 aliphatic heterocycles. The summed E-state index contributed by atoms with van der Waals surface area (Å²) in [6, 6.07) is 15.5. The summed E-state index contributed by atoms with van der Waals surface area (Å²) in [4.78, 5) is 14.8. The highest BCUT2D eigenvalue weighted by molar-refractivity contribution is 5.94. The second-order valence-corrected chi connectivity index (χ2v) is 6.16. The molecule has 0 saturated carbocycles. The molecule has 0 spiro atoms. The van der Waals surface area contributed by atoms with Gasteiger partial charge in [-0.1, -0.05) is 24.3 Å². The molecule has 0 unspecified atom stereocenters. The Morgan fingerprint density at radius 1 is 1.04 bits per heavy atom. The first-order chi connectivity index (χ1) is 11.8. The van der Waals surface area contributed by atoms with Crippen LogP contribution in [0.2, 0.25) is 0 Å². The number of carbonyl (C=O) groups is 1. The maximum atomic E-state index is 12.3. The van der Waals surface area contributed by atoms with E-state index >= 15 is 0 Å². The van der Waals surface area contributed by atoms with Crippen molar-refractivity contribution in [2.75, 3.05) is 20.2 Å². The van der Waals surface area contributed by atoms with Crippen molar-refractivity contribution in [1.29, 1.82) is 0 Å². The number of rotatable bonds is 6. The van der Waals surface area contributed by atoms with Crippen LogP contribution in [0, 0.1) is 0 Å². The van der Waals surface area contributed by atoms with Crippen LogP contribution in [-0.4, -0.2) is 31.0 Å². The van der Waals surface area contributed by atoms with Gasteiger partial charge in [-0.15, -0.1) is 0 Å². The van der Waals surface area contributed by atoms with Crippen LogP contribution >= 0.6 is 0 Å². The minimum atomic E-state index is -0.0615. The van der Waals surface area contributed by atoms with Gasteiger partial charge in [0.15, 0.2) is 0 Å². The van der Waals surface area contributed by atoms with Crippen LogP contribution in [0.5, 0.6) is 5.75 Å². The Balaban J connectivity index is 1.62. The summed E-state index contributed by atoms with van der Waals surface area (Å²) < 4.78 is 5.12. The van der Waals surface area contributed by atoms with Crippen molar-refractivity contribution in [2.24, 2.45) is 0 Å². The Morgan fingerprint density at radius 3 is 2.38 bits per heavy atom. The quantitative estimate of drug-likeness (QED) is 0.887. The molecule has 1 N–H and O–H groups in total. The first-order valence-corrected chi connectivity index (χ1v) is 8.47. The smallest absolute Gasteiger partial charge is 0.251 e. The topological polar surface area (TPSA) is 41.6 Å². The molecular weight excluding hydrogens is 300 g/mol. The van der Waals surface area contributed by atoms with Crippen molar-refractivity contribution in [3.8, 4) is 5.75 Å². The molecule has 3 rings (SSSR count). The summed E-state index contributed by atoms with van der Waals surface area (Å²) in [7, 11) is 1.62. The van der Waals surface area contributed by atoms with Crippen molar-refractivity contribution in [2.45, 2.75) is 25.9 Å². The minimum absolute atomic E-state index is 0.0615. The van der Waals surface area contributed by atoms with E-state index < -0.39 is 0 Å². The van der Waals surface area contributed by atoms with Gasteiger partial charge in [0.05, 0.1) is 7.11 Å². The Kier molecular flexibility index (Phi) is 5.49. The van der Waals surface area contributed by atoms with E-state index in [1.165, 1.54) is 37.1 Å². The molecular formula is C20H24N2O2. The third-order valence-corrected chi connectivity index (χ3v) is 4.50. The van der Waals surface area contributed by atoms with E-state index in [0.717, 1.165) is 12.3 Å². The molecule has 1 amide bonds. The predicted molar refractivity (Wildman–Crippen MR) is 95.1 cm³/mol. The fourth-order valence-electron chi connectivity index (χ4n) is 3.09. The molecule has 4 nitrogen and oxygen atoms in total. The fourth-order valence-corrected chi connectivity index (χ4v) is 3.09. The number of amides is 1. The number of methoxy groups -OCH3 is 1. The predicted octanol–water partition coefficient (Wildman–Crippen LogP) is 3.22. The number of benzene rings is 2. The number of nitrogens with one attached hydrogen (secondary N) is 1. The van der Waals surface area contributed by atoms with Crippen LogP contribution in [0.3, 0.4) is 0 Å². The first-order valence-electron chi connectivity index (χ1n) is 8.47. The second-order valence-electron chi connectivity index (χ2n) is 6.16. The maximum absolute atomic E-state index is 12.3. The molecule has 0 aromatic heterocycles. The second kappa shape index (κ2) is 7.97. The molecule has 1 fully saturated rings. The van der Waals surface area contributed by atoms with E-state index in [-0.39, 0.29) is 5.91 Å². The van der Waals surface area contributed by atoms with Gasteiger partial charge in [0.25, 0.3) is 5.91 Å². The molecule has 1 heterocycles. The maximum Gasteiger partial charge on any atom is 0.251 e. The molecule has 126 valence electrons. The minimum Gasteiger partial charge on any atom is -0.497 e. The van der Waals surface area contributed by atoms with E-state index in [2.05, 4.69) is 28.4 Å². The van der Waals surface area contributed by atoms with Gasteiger partial charge in [0, 0.05) is 18.7 Å². The first kappa shape index (κ1) is 16.5. The molecule has 1 aliphatic rings. The lowest BCUT2D eigenvalue weighted by molar-refractivity contribution is 0.0950. The third-order valence-electron chi connectivity index (χ3n) is 4.50. The lowest BCUT2D eigenvalue weighted by Crippen LogP contribution is -2.25. The highest BCUT2D eigenvalue weighted by Gasteiger charge is 2.14. The molecule has 2 aromatic carbocycles. The number of likely N-dealkylation sites (tertiary alicyclic amines) is 1. The molecule has 0 atom stereocenters. The van der Waals surface area contributed by atoms with Gasteiger partial charge in [-0.25, -0.2) is 0 Å². The third kappa shape index (κ3) is 4.15. The van der Waals surface area contributed by atoms with Gasteiger partial charge in [-0.2, -0.15) is 0 Å². The molecule has 0 bridgehead atoms. The normalized spacial score (nSPS) is 14.5. The van der Waals surface area contributed by atoms with E-state index in [9.17, 15) is 4.79 Å². The van der Waals surface area contributed by atoms with Gasteiger partial charge in [-0.3, -0.25) is 9.69 Å². The van der Waals surface area contributed by atoms with Gasteiger partial charge < -0.3 is 10.1 Å². The van der Waals surface area contributed by atoms with Crippen molar-refractivity contribution in [3.63, 3.8) is 0 Å². The van der Waals surface area contributed by atoms with Crippen LogP contribution in [0.1, 0.15) is 34.3 Å². The van der Waals surface area contributed by atoms with E-state index in [0.29, 0.717) is 12.1 Å². The van der Waals surface area contributed by atoms with Crippen LogP contribution in [0.15, 0.2) is 48.5 Å². The Hall–Kier alpha value is -2.33. The van der Waals surface area contributed by atoms with Crippen molar-refractivity contribution in [1.82, 2.24) is 10.2 Å². The van der Waals surface area contributed by atoms with E-state index in [4.69, 9.17) is 4.74 Å². The zero-order valence-corrected chi connectivity index (χ0v) is 14.1. The van der Waals surface area contributed by atoms with Crippen LogP contribution in [-0.2, 0) is 13.1 Å². The summed E-state index contributed by atoms with van der Waals surface area (Å²) in [5.41, 5.74) is 3.13. The molecule has 4 heteroatoms. The molecule has 0 aliphatic carbocycles. The van der Waals surface area contributed by atoms with Crippen molar-refractivity contribution in [3.05, 3.63) is 65.2 Å². The number of nitrogens with zero attached hydrogens (tertiary/aromatic N) is 1. The monoisotopic (exact) mass is 324 g/mol. The lowest BCUT2D eigenvalue weighted by atomic mass is 10.1. The number of hydrogen-bond acceptors (Lipinski definition) is 3. The largest absolute Gasteiger partial charge is 0.497 e. The van der Waals surface area contributed by atoms with E-state index in [1.807, 2.05) is 6.07 Å². The summed E-state index contributed by atoms with van der Waals surface area (Å²) in [6.45, 7) is 3.86. The Morgan fingerprint density at radius 2 is 1.71 bits per heavy atom. The van der Waals surface area contributed by atoms with Crippen LogP contribution in [0.4, 0.5) is 0 Å². The molecule has 24 heavy (non-hydrogen) atoms. The molecule has 1 saturated heterocycles. The molecule has 2 aromatic rings. The summed E-state index contributed by atoms with van der Waals surface area (Å²) >= 11 is 0. The SMILES string of the molecule is COc1ccc(C(=O)NCc2ccccc2CN2CCCC2)cc1. The lowest BCUT2D eigenvalue weighted by Gasteiger charge is -2.17. The van der Waals surface area contributed by atoms with Crippen molar-refractivity contribution >= 4 is 5.91 Å². The van der Waals surface area contributed by atoms with E-state index in [1.54, 1.807) is 31.4 Å². The highest BCUT2D eigenvalue weighted by atomic mass is 16.5. The van der Waals surface area contributed by atoms with Gasteiger partial charge in [0.1, 0.15) is 5.75 Å². The number of ether oxygens (including phenoxy) is 1. The van der Waals surface area contributed by atoms with Gasteiger partial charge in [-0.05, 0) is 61.3 Å². The summed E-state index contributed by atoms with van der Waals surface area (Å²) in [6.07, 6.45) is 2.58. The van der Waals surface area contributed by atoms with Gasteiger partial charge in [0.2, 0.25) is 0 Å². The Labute approximate surface area is 143 Å². The van der Waals surface area contributed by atoms with Crippen molar-refractivity contribution < 1.29 is 9.53 Å². The highest BCUT2D eigenvalue weighted by Crippen LogP contribution is 2.16. The van der Waals surface area contributed by atoms with Crippen LogP contribution < -0.4 is 10.1 Å². The average Bonchev–Trinajstić information content (AvgIpc) is 3.14. The summed E-state index contributed by atoms with van der Waals surface area (Å²) in [5, 5.41) is 3.02. The standard InChI is InChI=1S/C20H24N2O2/c1-24-19-10-8-16(9-11-19)20(23)21-14-17-6-2-3-7-18(17)15-22-12-4-5-13-22/h2-3,6-11H,4-5,12-15H2,1H3,(H,21,23). The zero-order chi connectivity index (χ0) is 16.8. The average molecular weight is 324 g/mol.